The molecule has 1 fully saturated rings. The molecule has 1 aliphatic heterocycles. The van der Waals surface area contributed by atoms with Crippen LogP contribution in [0, 0.1) is 5.92 Å². The molecule has 3 N–H and O–H groups in total. The number of aryl methyl sites for hydroxylation is 1. The first kappa shape index (κ1) is 13.2. The van der Waals surface area contributed by atoms with Crippen molar-refractivity contribution in [2.24, 2.45) is 13.0 Å². The highest BCUT2D eigenvalue weighted by Crippen LogP contribution is 2.38. The Kier molecular flexibility index (Phi) is 2.69. The summed E-state index contributed by atoms with van der Waals surface area (Å²) in [5.74, 6) is -0.0607. The minimum atomic E-state index is -0.560. The highest BCUT2D eigenvalue weighted by Gasteiger charge is 2.36. The average molecular weight is 299 g/mol. The Bertz CT molecular complexity index is 852. The molecule has 22 heavy (non-hydrogen) atoms. The van der Waals surface area contributed by atoms with E-state index in [2.05, 4.69) is 5.32 Å². The zero-order chi connectivity index (χ0) is 15.4. The van der Waals surface area contributed by atoms with Crippen LogP contribution < -0.4 is 16.6 Å². The molecular weight excluding hydrogens is 282 g/mol. The molecule has 1 aromatic carbocycles. The predicted octanol–water partition coefficient (Wildman–Crippen LogP) is 1.48. The normalized spacial score (nSPS) is 21.0. The summed E-state index contributed by atoms with van der Waals surface area (Å²) in [6, 6.07) is 5.41. The van der Waals surface area contributed by atoms with Gasteiger partial charge in [-0.05, 0) is 37.0 Å². The molecule has 114 valence electrons. The molecular formula is C16H17N3O3. The maximum Gasteiger partial charge on any atom is 0.346 e. The second-order valence-corrected chi connectivity index (χ2v) is 6.08. The van der Waals surface area contributed by atoms with Gasteiger partial charge in [-0.3, -0.25) is 4.79 Å². The molecule has 1 atom stereocenters. The van der Waals surface area contributed by atoms with Crippen molar-refractivity contribution in [3.8, 4) is 0 Å². The number of fused-ring (bicyclic) bond motifs is 3. The highest BCUT2D eigenvalue weighted by atomic mass is 16.5. The van der Waals surface area contributed by atoms with E-state index < -0.39 is 5.97 Å². The summed E-state index contributed by atoms with van der Waals surface area (Å²) in [4.78, 5) is 24.8. The Hall–Kier alpha value is -2.50. The number of nitrogens with one attached hydrogen (secondary N) is 1. The SMILES string of the molecule is Cn1c(=O)c2c(c3cc(N)ccc31)N[C@@H](C1CC1)COC2=O. The van der Waals surface area contributed by atoms with Crippen molar-refractivity contribution < 1.29 is 9.53 Å². The van der Waals surface area contributed by atoms with Gasteiger partial charge in [0.25, 0.3) is 5.56 Å². The van der Waals surface area contributed by atoms with E-state index >= 15 is 0 Å². The van der Waals surface area contributed by atoms with Gasteiger partial charge in [-0.25, -0.2) is 4.79 Å². The smallest absolute Gasteiger partial charge is 0.346 e. The summed E-state index contributed by atoms with van der Waals surface area (Å²) >= 11 is 0. The van der Waals surface area contributed by atoms with Crippen LogP contribution in [-0.4, -0.2) is 23.2 Å². The molecule has 2 heterocycles. The zero-order valence-electron chi connectivity index (χ0n) is 12.3. The standard InChI is InChI=1S/C16H17N3O3/c1-19-12-5-4-9(17)6-10(12)14-13(15(19)20)16(21)22-7-11(18-14)8-2-3-8/h4-6,8,11,18H,2-3,7,17H2,1H3/t11-/m1/s1. The van der Waals surface area contributed by atoms with Crippen molar-refractivity contribution in [1.29, 1.82) is 0 Å². The van der Waals surface area contributed by atoms with E-state index in [-0.39, 0.29) is 17.2 Å². The fraction of sp³-hybridized carbons (Fsp3) is 0.375. The molecule has 2 aromatic rings. The summed E-state index contributed by atoms with van der Waals surface area (Å²) in [5, 5.41) is 4.15. The van der Waals surface area contributed by atoms with E-state index in [0.717, 1.165) is 23.7 Å². The highest BCUT2D eigenvalue weighted by molar-refractivity contribution is 6.06. The topological polar surface area (TPSA) is 86.3 Å². The van der Waals surface area contributed by atoms with Crippen molar-refractivity contribution in [2.45, 2.75) is 18.9 Å². The Labute approximate surface area is 126 Å². The monoisotopic (exact) mass is 299 g/mol. The number of ether oxygens (including phenoxy) is 1. The molecule has 0 amide bonds. The van der Waals surface area contributed by atoms with E-state index in [1.54, 1.807) is 25.2 Å². The van der Waals surface area contributed by atoms with Crippen LogP contribution in [0.15, 0.2) is 23.0 Å². The summed E-state index contributed by atoms with van der Waals surface area (Å²) in [6.45, 7) is 0.297. The number of hydrogen-bond acceptors (Lipinski definition) is 5. The largest absolute Gasteiger partial charge is 0.460 e. The molecule has 1 aliphatic carbocycles. The number of esters is 1. The number of nitrogens with zero attached hydrogens (tertiary/aromatic N) is 1. The first-order chi connectivity index (χ1) is 10.6. The number of nitrogens with two attached hydrogens (primary N) is 1. The number of aromatic nitrogens is 1. The van der Waals surface area contributed by atoms with Gasteiger partial charge in [0.05, 0.1) is 17.2 Å². The maximum absolute atomic E-state index is 12.6. The van der Waals surface area contributed by atoms with Crippen molar-refractivity contribution in [1.82, 2.24) is 4.57 Å². The molecule has 0 spiro atoms. The number of nitrogen functional groups attached to an aromatic ring is 1. The van der Waals surface area contributed by atoms with Gasteiger partial charge in [-0.2, -0.15) is 0 Å². The van der Waals surface area contributed by atoms with Crippen LogP contribution in [0.1, 0.15) is 23.2 Å². The van der Waals surface area contributed by atoms with Crippen LogP contribution in [0.25, 0.3) is 10.9 Å². The summed E-state index contributed by atoms with van der Waals surface area (Å²) in [6.07, 6.45) is 2.24. The predicted molar refractivity (Wildman–Crippen MR) is 84.0 cm³/mol. The van der Waals surface area contributed by atoms with E-state index in [4.69, 9.17) is 10.5 Å². The number of rotatable bonds is 1. The second-order valence-electron chi connectivity index (χ2n) is 6.08. The molecule has 4 rings (SSSR count). The number of benzene rings is 1. The molecule has 6 nitrogen and oxygen atoms in total. The van der Waals surface area contributed by atoms with Gasteiger partial charge in [-0.1, -0.05) is 0 Å². The van der Waals surface area contributed by atoms with Gasteiger partial charge in [0.15, 0.2) is 0 Å². The van der Waals surface area contributed by atoms with Gasteiger partial charge < -0.3 is 20.4 Å². The Morgan fingerprint density at radius 2 is 2.09 bits per heavy atom. The number of hydrogen-bond donors (Lipinski definition) is 2. The Morgan fingerprint density at radius 1 is 1.32 bits per heavy atom. The number of cyclic esters (lactones) is 1. The van der Waals surface area contributed by atoms with Crippen LogP contribution in [0.2, 0.25) is 0 Å². The van der Waals surface area contributed by atoms with Crippen LogP contribution in [-0.2, 0) is 11.8 Å². The fourth-order valence-corrected chi connectivity index (χ4v) is 3.12. The lowest BCUT2D eigenvalue weighted by Crippen LogP contribution is -2.27. The third-order valence-electron chi connectivity index (χ3n) is 4.54. The van der Waals surface area contributed by atoms with E-state index in [0.29, 0.717) is 23.9 Å². The second kappa shape index (κ2) is 4.50. The minimum Gasteiger partial charge on any atom is -0.460 e. The quantitative estimate of drug-likeness (QED) is 0.615. The summed E-state index contributed by atoms with van der Waals surface area (Å²) in [7, 11) is 1.65. The first-order valence-electron chi connectivity index (χ1n) is 7.42. The van der Waals surface area contributed by atoms with E-state index in [1.807, 2.05) is 0 Å². The number of anilines is 2. The van der Waals surface area contributed by atoms with Gasteiger partial charge in [0, 0.05) is 18.1 Å². The van der Waals surface area contributed by atoms with Crippen molar-refractivity contribution in [3.05, 3.63) is 34.1 Å². The number of carbonyl (C=O) groups is 1. The van der Waals surface area contributed by atoms with Crippen LogP contribution in [0.5, 0.6) is 0 Å². The molecule has 2 aliphatic rings. The number of pyridine rings is 1. The van der Waals surface area contributed by atoms with Crippen LogP contribution in [0.4, 0.5) is 11.4 Å². The zero-order valence-corrected chi connectivity index (χ0v) is 12.3. The third-order valence-corrected chi connectivity index (χ3v) is 4.54. The Balaban J connectivity index is 2.04. The van der Waals surface area contributed by atoms with Crippen molar-refractivity contribution in [3.63, 3.8) is 0 Å². The lowest BCUT2D eigenvalue weighted by atomic mass is 10.1. The molecule has 1 aromatic heterocycles. The maximum atomic E-state index is 12.6. The Morgan fingerprint density at radius 3 is 2.82 bits per heavy atom. The van der Waals surface area contributed by atoms with Crippen molar-refractivity contribution in [2.75, 3.05) is 17.7 Å². The van der Waals surface area contributed by atoms with Gasteiger partial charge >= 0.3 is 5.97 Å². The van der Waals surface area contributed by atoms with Crippen molar-refractivity contribution >= 4 is 28.2 Å². The molecule has 0 unspecified atom stereocenters. The summed E-state index contributed by atoms with van der Waals surface area (Å²) in [5.41, 5.74) is 7.52. The molecule has 1 saturated carbocycles. The molecule has 6 heteroatoms. The fourth-order valence-electron chi connectivity index (χ4n) is 3.12. The number of carbonyl (C=O) groups excluding carboxylic acids is 1. The molecule has 0 bridgehead atoms. The van der Waals surface area contributed by atoms with E-state index in [9.17, 15) is 9.59 Å². The van der Waals surface area contributed by atoms with Gasteiger partial charge in [-0.15, -0.1) is 0 Å². The molecule has 0 radical (unpaired) electrons. The van der Waals surface area contributed by atoms with E-state index in [1.165, 1.54) is 4.57 Å². The molecule has 0 saturated heterocycles. The third kappa shape index (κ3) is 1.87. The minimum absolute atomic E-state index is 0.0573. The summed E-state index contributed by atoms with van der Waals surface area (Å²) < 4.78 is 6.78. The van der Waals surface area contributed by atoms with Crippen LogP contribution in [0.3, 0.4) is 0 Å². The lowest BCUT2D eigenvalue weighted by molar-refractivity contribution is 0.0491. The lowest BCUT2D eigenvalue weighted by Gasteiger charge is -2.18. The van der Waals surface area contributed by atoms with Gasteiger partial charge in [0.1, 0.15) is 12.2 Å². The first-order valence-corrected chi connectivity index (χ1v) is 7.42. The average Bonchev–Trinajstić information content (AvgIpc) is 3.32. The van der Waals surface area contributed by atoms with Gasteiger partial charge in [0.2, 0.25) is 0 Å². The van der Waals surface area contributed by atoms with Crippen LogP contribution >= 0.6 is 0 Å².